The minimum absolute atomic E-state index is 0. The number of piperidine rings is 1. The summed E-state index contributed by atoms with van der Waals surface area (Å²) in [7, 11) is 3.64. The molecule has 3 fully saturated rings. The standard InChI is InChI=1S/C24H39N5O2.HI/c1-25-24(29-13-10-21(19-29)27-14-16-31-17-15-27)26-18-23(28-11-4-3-5-12-28)20-6-8-22(30-2)9-7-20;/h6-9,21,23H,3-5,10-19H2,1-2H3,(H,25,26);1H. The fourth-order valence-electron chi connectivity index (χ4n) is 5.21. The minimum atomic E-state index is 0. The lowest BCUT2D eigenvalue weighted by Gasteiger charge is -2.36. The summed E-state index contributed by atoms with van der Waals surface area (Å²) in [5, 5.41) is 3.72. The van der Waals surface area contributed by atoms with Gasteiger partial charge < -0.3 is 19.7 Å². The minimum Gasteiger partial charge on any atom is -0.497 e. The fourth-order valence-corrected chi connectivity index (χ4v) is 5.21. The number of likely N-dealkylation sites (tertiary alicyclic amines) is 2. The van der Waals surface area contributed by atoms with Crippen LogP contribution in [0.1, 0.15) is 37.3 Å². The van der Waals surface area contributed by atoms with E-state index in [1.54, 1.807) is 7.11 Å². The number of aliphatic imine (C=N–C) groups is 1. The largest absolute Gasteiger partial charge is 0.497 e. The number of benzene rings is 1. The van der Waals surface area contributed by atoms with Crippen molar-refractivity contribution in [1.29, 1.82) is 0 Å². The van der Waals surface area contributed by atoms with Gasteiger partial charge in [0.15, 0.2) is 5.96 Å². The number of nitrogens with zero attached hydrogens (tertiary/aromatic N) is 4. The number of morpholine rings is 1. The molecular weight excluding hydrogens is 517 g/mol. The maximum atomic E-state index is 5.53. The van der Waals surface area contributed by atoms with E-state index in [1.165, 1.54) is 44.3 Å². The highest BCUT2D eigenvalue weighted by Gasteiger charge is 2.31. The number of nitrogens with one attached hydrogen (secondary N) is 1. The number of rotatable bonds is 6. The molecule has 0 aliphatic carbocycles. The molecule has 1 aromatic carbocycles. The van der Waals surface area contributed by atoms with Crippen molar-refractivity contribution in [2.75, 3.05) is 73.2 Å². The Bertz CT molecular complexity index is 705. The molecule has 8 heteroatoms. The highest BCUT2D eigenvalue weighted by atomic mass is 127. The lowest BCUT2D eigenvalue weighted by molar-refractivity contribution is 0.0194. The van der Waals surface area contributed by atoms with Crippen molar-refractivity contribution in [2.24, 2.45) is 4.99 Å². The zero-order valence-corrected chi connectivity index (χ0v) is 22.0. The Labute approximate surface area is 210 Å². The van der Waals surface area contributed by atoms with Gasteiger partial charge in [0.25, 0.3) is 0 Å². The fraction of sp³-hybridized carbons (Fsp3) is 0.708. The van der Waals surface area contributed by atoms with Gasteiger partial charge in [0.05, 0.1) is 26.4 Å². The third kappa shape index (κ3) is 6.48. The van der Waals surface area contributed by atoms with E-state index in [0.717, 1.165) is 57.6 Å². The SMILES string of the molecule is CN=C(NCC(c1ccc(OC)cc1)N1CCCCC1)N1CCC(N2CCOCC2)C1.I. The van der Waals surface area contributed by atoms with Crippen molar-refractivity contribution < 1.29 is 9.47 Å². The lowest BCUT2D eigenvalue weighted by Crippen LogP contribution is -2.48. The van der Waals surface area contributed by atoms with Crippen molar-refractivity contribution in [2.45, 2.75) is 37.8 Å². The number of guanidine groups is 1. The van der Waals surface area contributed by atoms with Gasteiger partial charge in [-0.3, -0.25) is 14.8 Å². The van der Waals surface area contributed by atoms with Gasteiger partial charge in [-0.25, -0.2) is 0 Å². The molecule has 4 rings (SSSR count). The molecule has 3 aliphatic heterocycles. The highest BCUT2D eigenvalue weighted by Crippen LogP contribution is 2.26. The van der Waals surface area contributed by atoms with E-state index in [1.807, 2.05) is 7.05 Å². The Morgan fingerprint density at radius 2 is 1.81 bits per heavy atom. The van der Waals surface area contributed by atoms with E-state index in [0.29, 0.717) is 12.1 Å². The maximum Gasteiger partial charge on any atom is 0.193 e. The van der Waals surface area contributed by atoms with Crippen LogP contribution in [0, 0.1) is 0 Å². The van der Waals surface area contributed by atoms with Gasteiger partial charge in [0.1, 0.15) is 5.75 Å². The van der Waals surface area contributed by atoms with Crippen LogP contribution in [0.15, 0.2) is 29.3 Å². The van der Waals surface area contributed by atoms with Gasteiger partial charge in [-0.1, -0.05) is 18.6 Å². The van der Waals surface area contributed by atoms with Crippen molar-refractivity contribution >= 4 is 29.9 Å². The van der Waals surface area contributed by atoms with Crippen LogP contribution in [0.25, 0.3) is 0 Å². The second-order valence-corrected chi connectivity index (χ2v) is 8.85. The summed E-state index contributed by atoms with van der Waals surface area (Å²) in [6.07, 6.45) is 5.12. The number of hydrogen-bond donors (Lipinski definition) is 1. The van der Waals surface area contributed by atoms with Crippen LogP contribution in [0.5, 0.6) is 5.75 Å². The molecule has 0 radical (unpaired) electrons. The molecule has 2 unspecified atom stereocenters. The Kier molecular flexibility index (Phi) is 10.3. The first kappa shape index (κ1) is 25.5. The molecule has 0 amide bonds. The summed E-state index contributed by atoms with van der Waals surface area (Å²) in [5.41, 5.74) is 1.35. The number of halogens is 1. The summed E-state index contributed by atoms with van der Waals surface area (Å²) in [6.45, 7) is 9.16. The summed E-state index contributed by atoms with van der Waals surface area (Å²) < 4.78 is 10.9. The number of hydrogen-bond acceptors (Lipinski definition) is 5. The van der Waals surface area contributed by atoms with Gasteiger partial charge in [-0.2, -0.15) is 0 Å². The third-order valence-electron chi connectivity index (χ3n) is 7.02. The summed E-state index contributed by atoms with van der Waals surface area (Å²) in [5.74, 6) is 1.95. The molecule has 3 heterocycles. The first-order chi connectivity index (χ1) is 15.3. The molecular formula is C24H40IN5O2. The summed E-state index contributed by atoms with van der Waals surface area (Å²) in [6, 6.07) is 9.55. The van der Waals surface area contributed by atoms with Crippen molar-refractivity contribution in [3.8, 4) is 5.75 Å². The molecule has 0 aromatic heterocycles. The average Bonchev–Trinajstić information content (AvgIpc) is 3.33. The van der Waals surface area contributed by atoms with Crippen LogP contribution in [0.3, 0.4) is 0 Å². The van der Waals surface area contributed by atoms with Gasteiger partial charge in [0.2, 0.25) is 0 Å². The zero-order valence-electron chi connectivity index (χ0n) is 19.7. The van der Waals surface area contributed by atoms with Gasteiger partial charge in [-0.05, 0) is 50.0 Å². The molecule has 180 valence electrons. The predicted molar refractivity (Wildman–Crippen MR) is 140 cm³/mol. The molecule has 2 atom stereocenters. The van der Waals surface area contributed by atoms with E-state index >= 15 is 0 Å². The van der Waals surface area contributed by atoms with E-state index in [4.69, 9.17) is 9.47 Å². The van der Waals surface area contributed by atoms with E-state index in [9.17, 15) is 0 Å². The van der Waals surface area contributed by atoms with E-state index < -0.39 is 0 Å². The lowest BCUT2D eigenvalue weighted by atomic mass is 10.0. The van der Waals surface area contributed by atoms with Crippen LogP contribution in [0.4, 0.5) is 0 Å². The van der Waals surface area contributed by atoms with E-state index in [2.05, 4.69) is 49.3 Å². The second kappa shape index (κ2) is 13.0. The normalized spacial score (nSPS) is 24.1. The number of methoxy groups -OCH3 is 1. The van der Waals surface area contributed by atoms with Crippen LogP contribution >= 0.6 is 24.0 Å². The smallest absolute Gasteiger partial charge is 0.193 e. The predicted octanol–water partition coefficient (Wildman–Crippen LogP) is 2.82. The zero-order chi connectivity index (χ0) is 21.5. The average molecular weight is 558 g/mol. The van der Waals surface area contributed by atoms with Crippen molar-refractivity contribution in [1.82, 2.24) is 20.0 Å². The Balaban J connectivity index is 0.00000289. The maximum absolute atomic E-state index is 5.53. The quantitative estimate of drug-likeness (QED) is 0.330. The molecule has 1 aromatic rings. The van der Waals surface area contributed by atoms with Gasteiger partial charge >= 0.3 is 0 Å². The van der Waals surface area contributed by atoms with Crippen molar-refractivity contribution in [3.05, 3.63) is 29.8 Å². The molecule has 1 N–H and O–H groups in total. The van der Waals surface area contributed by atoms with Crippen LogP contribution in [-0.4, -0.2) is 99.9 Å². The Hall–Kier alpha value is -1.10. The van der Waals surface area contributed by atoms with Crippen LogP contribution < -0.4 is 10.1 Å². The highest BCUT2D eigenvalue weighted by molar-refractivity contribution is 14.0. The Morgan fingerprint density at radius 3 is 2.47 bits per heavy atom. The molecule has 0 spiro atoms. The number of ether oxygens (including phenoxy) is 2. The van der Waals surface area contributed by atoms with E-state index in [-0.39, 0.29) is 24.0 Å². The van der Waals surface area contributed by atoms with Crippen LogP contribution in [-0.2, 0) is 4.74 Å². The van der Waals surface area contributed by atoms with Gasteiger partial charge in [-0.15, -0.1) is 24.0 Å². The molecule has 3 aliphatic rings. The summed E-state index contributed by atoms with van der Waals surface area (Å²) in [4.78, 5) is 12.3. The molecule has 3 saturated heterocycles. The topological polar surface area (TPSA) is 52.6 Å². The first-order valence-electron chi connectivity index (χ1n) is 11.9. The van der Waals surface area contributed by atoms with Gasteiger partial charge in [0, 0.05) is 45.8 Å². The monoisotopic (exact) mass is 557 g/mol. The Morgan fingerprint density at radius 1 is 1.09 bits per heavy atom. The molecule has 7 nitrogen and oxygen atoms in total. The molecule has 0 bridgehead atoms. The van der Waals surface area contributed by atoms with Crippen LogP contribution in [0.2, 0.25) is 0 Å². The first-order valence-corrected chi connectivity index (χ1v) is 11.9. The second-order valence-electron chi connectivity index (χ2n) is 8.85. The molecule has 32 heavy (non-hydrogen) atoms. The molecule has 0 saturated carbocycles. The third-order valence-corrected chi connectivity index (χ3v) is 7.02. The summed E-state index contributed by atoms with van der Waals surface area (Å²) >= 11 is 0. The van der Waals surface area contributed by atoms with Crippen molar-refractivity contribution in [3.63, 3.8) is 0 Å².